The summed E-state index contributed by atoms with van der Waals surface area (Å²) in [7, 11) is 0. The second-order valence-corrected chi connectivity index (χ2v) is 9.22. The number of amides is 2. The van der Waals surface area contributed by atoms with Gasteiger partial charge in [0, 0.05) is 38.2 Å². The normalized spacial score (nSPS) is 23.7. The number of rotatable bonds is 3. The topological polar surface area (TPSA) is 71.3 Å². The number of nitrogens with zero attached hydrogens (tertiary/aromatic N) is 5. The van der Waals surface area contributed by atoms with E-state index in [1.807, 2.05) is 4.90 Å². The van der Waals surface area contributed by atoms with Gasteiger partial charge in [0.1, 0.15) is 11.6 Å². The Balaban J connectivity index is 1.30. The molecule has 5 rings (SSSR count). The second-order valence-electron chi connectivity index (χ2n) is 9.22. The maximum atomic E-state index is 13.6. The molecule has 2 fully saturated rings. The summed E-state index contributed by atoms with van der Waals surface area (Å²) in [5.74, 6) is 1.40. The van der Waals surface area contributed by atoms with Crippen LogP contribution in [0.5, 0.6) is 0 Å². The van der Waals surface area contributed by atoms with Crippen molar-refractivity contribution >= 4 is 11.8 Å². The molecule has 0 aliphatic carbocycles. The molecule has 1 aromatic carbocycles. The second kappa shape index (κ2) is 9.00. The lowest BCUT2D eigenvalue weighted by atomic mass is 9.95. The van der Waals surface area contributed by atoms with Gasteiger partial charge in [0.15, 0.2) is 5.82 Å². The molecule has 0 saturated carbocycles. The average molecular weight is 440 g/mol. The van der Waals surface area contributed by atoms with Crippen molar-refractivity contribution < 1.29 is 14.0 Å². The summed E-state index contributed by atoms with van der Waals surface area (Å²) >= 11 is 0. The Labute approximate surface area is 187 Å². The van der Waals surface area contributed by atoms with Gasteiger partial charge in [-0.25, -0.2) is 4.39 Å². The Bertz CT molecular complexity index is 989. The number of likely N-dealkylation sites (tertiary alicyclic amines) is 2. The van der Waals surface area contributed by atoms with E-state index in [1.165, 1.54) is 30.7 Å². The third-order valence-corrected chi connectivity index (χ3v) is 7.12. The molecule has 2 amide bonds. The number of carbonyl (C=O) groups is 2. The maximum Gasteiger partial charge on any atom is 0.253 e. The Morgan fingerprint density at radius 1 is 0.906 bits per heavy atom. The Morgan fingerprint density at radius 3 is 2.56 bits per heavy atom. The number of piperidine rings is 1. The Hall–Kier alpha value is -2.77. The highest BCUT2D eigenvalue weighted by Gasteiger charge is 2.39. The zero-order valence-electron chi connectivity index (χ0n) is 18.4. The molecule has 1 aromatic heterocycles. The first-order valence-corrected chi connectivity index (χ1v) is 11.9. The molecule has 2 unspecified atom stereocenters. The number of aryl methyl sites for hydroxylation is 1. The zero-order chi connectivity index (χ0) is 22.1. The molecule has 170 valence electrons. The summed E-state index contributed by atoms with van der Waals surface area (Å²) in [5.41, 5.74) is 0.463. The van der Waals surface area contributed by atoms with Crippen molar-refractivity contribution in [1.29, 1.82) is 0 Å². The zero-order valence-corrected chi connectivity index (χ0v) is 18.4. The monoisotopic (exact) mass is 439 g/mol. The van der Waals surface area contributed by atoms with Crippen LogP contribution in [0.1, 0.15) is 73.0 Å². The number of aromatic nitrogens is 3. The lowest BCUT2D eigenvalue weighted by Crippen LogP contribution is -2.46. The lowest BCUT2D eigenvalue weighted by Gasteiger charge is -2.35. The molecule has 7 nitrogen and oxygen atoms in total. The highest BCUT2D eigenvalue weighted by Crippen LogP contribution is 2.35. The molecule has 4 heterocycles. The van der Waals surface area contributed by atoms with Crippen LogP contribution < -0.4 is 0 Å². The van der Waals surface area contributed by atoms with E-state index in [-0.39, 0.29) is 29.6 Å². The summed E-state index contributed by atoms with van der Waals surface area (Å²) in [6.45, 7) is 2.70. The fourth-order valence-electron chi connectivity index (χ4n) is 5.43. The van der Waals surface area contributed by atoms with Crippen LogP contribution in [0.25, 0.3) is 0 Å². The number of halogens is 1. The smallest absolute Gasteiger partial charge is 0.253 e. The summed E-state index contributed by atoms with van der Waals surface area (Å²) in [6.07, 6.45) is 7.88. The van der Waals surface area contributed by atoms with Crippen LogP contribution in [0.4, 0.5) is 4.39 Å². The van der Waals surface area contributed by atoms with Gasteiger partial charge in [0.05, 0.1) is 12.0 Å². The maximum absolute atomic E-state index is 13.6. The van der Waals surface area contributed by atoms with Gasteiger partial charge >= 0.3 is 0 Å². The minimum absolute atomic E-state index is 0.0231. The molecule has 32 heavy (non-hydrogen) atoms. The number of hydrogen-bond acceptors (Lipinski definition) is 4. The van der Waals surface area contributed by atoms with Gasteiger partial charge in [-0.15, -0.1) is 10.2 Å². The summed E-state index contributed by atoms with van der Waals surface area (Å²) < 4.78 is 15.5. The van der Waals surface area contributed by atoms with Crippen LogP contribution in [-0.4, -0.2) is 56.0 Å². The van der Waals surface area contributed by atoms with Crippen molar-refractivity contribution in [1.82, 2.24) is 24.6 Å². The molecule has 3 aliphatic rings. The van der Waals surface area contributed by atoms with E-state index in [0.29, 0.717) is 18.7 Å². The van der Waals surface area contributed by atoms with E-state index < -0.39 is 0 Å². The molecule has 3 aliphatic heterocycles. The number of benzene rings is 1. The van der Waals surface area contributed by atoms with Crippen LogP contribution in [0.15, 0.2) is 24.3 Å². The highest BCUT2D eigenvalue weighted by atomic mass is 19.1. The molecule has 2 atom stereocenters. The van der Waals surface area contributed by atoms with Crippen molar-refractivity contribution in [2.75, 3.05) is 19.6 Å². The largest absolute Gasteiger partial charge is 0.338 e. The van der Waals surface area contributed by atoms with Crippen LogP contribution in [0.3, 0.4) is 0 Å². The quantitative estimate of drug-likeness (QED) is 0.735. The van der Waals surface area contributed by atoms with Crippen LogP contribution in [0, 0.1) is 11.7 Å². The SMILES string of the molecule is O=C(c1ccc(F)cc1)N1CCCC(C(=O)N2CCCC2c2nnc3n2CCCCC3)C1. The van der Waals surface area contributed by atoms with Gasteiger partial charge < -0.3 is 14.4 Å². The number of carbonyl (C=O) groups excluding carboxylic acids is 2. The Kier molecular flexibility index (Phi) is 5.93. The average Bonchev–Trinajstić information content (AvgIpc) is 3.39. The first-order chi connectivity index (χ1) is 15.6. The standard InChI is InChI=1S/C24H30FN5O2/c25-19-11-9-17(10-12-19)23(31)28-13-4-6-18(16-28)24(32)29-15-5-7-20(29)22-27-26-21-8-2-1-3-14-30(21)22/h9-12,18,20H,1-8,13-16H2. The summed E-state index contributed by atoms with van der Waals surface area (Å²) in [5, 5.41) is 8.95. The van der Waals surface area contributed by atoms with Gasteiger partial charge in [-0.3, -0.25) is 9.59 Å². The fourth-order valence-corrected chi connectivity index (χ4v) is 5.43. The van der Waals surface area contributed by atoms with E-state index in [0.717, 1.165) is 69.7 Å². The predicted molar refractivity (Wildman–Crippen MR) is 116 cm³/mol. The summed E-state index contributed by atoms with van der Waals surface area (Å²) in [6, 6.07) is 5.60. The van der Waals surface area contributed by atoms with E-state index in [1.54, 1.807) is 4.90 Å². The van der Waals surface area contributed by atoms with E-state index >= 15 is 0 Å². The first-order valence-electron chi connectivity index (χ1n) is 11.9. The molecule has 8 heteroatoms. The van der Waals surface area contributed by atoms with Crippen molar-refractivity contribution in [2.24, 2.45) is 5.92 Å². The molecule has 0 spiro atoms. The molecule has 0 bridgehead atoms. The number of hydrogen-bond donors (Lipinski definition) is 0. The first kappa shape index (κ1) is 21.1. The van der Waals surface area contributed by atoms with E-state index in [4.69, 9.17) is 0 Å². The molecular formula is C24H30FN5O2. The van der Waals surface area contributed by atoms with Gasteiger partial charge in [0.25, 0.3) is 5.91 Å². The van der Waals surface area contributed by atoms with Crippen LogP contribution in [0.2, 0.25) is 0 Å². The van der Waals surface area contributed by atoms with E-state index in [2.05, 4.69) is 14.8 Å². The summed E-state index contributed by atoms with van der Waals surface area (Å²) in [4.78, 5) is 30.2. The van der Waals surface area contributed by atoms with E-state index in [9.17, 15) is 14.0 Å². The van der Waals surface area contributed by atoms with Crippen LogP contribution in [-0.2, 0) is 17.8 Å². The van der Waals surface area contributed by atoms with Gasteiger partial charge in [-0.05, 0) is 62.8 Å². The van der Waals surface area contributed by atoms with Gasteiger partial charge in [-0.1, -0.05) is 6.42 Å². The molecule has 2 aromatic rings. The lowest BCUT2D eigenvalue weighted by molar-refractivity contribution is -0.138. The molecule has 0 N–H and O–H groups in total. The minimum atomic E-state index is -0.361. The highest BCUT2D eigenvalue weighted by molar-refractivity contribution is 5.94. The van der Waals surface area contributed by atoms with Crippen LogP contribution >= 0.6 is 0 Å². The van der Waals surface area contributed by atoms with Crippen molar-refractivity contribution in [3.63, 3.8) is 0 Å². The molecular weight excluding hydrogens is 409 g/mol. The Morgan fingerprint density at radius 2 is 1.72 bits per heavy atom. The number of fused-ring (bicyclic) bond motifs is 1. The van der Waals surface area contributed by atoms with Crippen molar-refractivity contribution in [3.8, 4) is 0 Å². The fraction of sp³-hybridized carbons (Fsp3) is 0.583. The third-order valence-electron chi connectivity index (χ3n) is 7.12. The molecule has 0 radical (unpaired) electrons. The molecule has 2 saturated heterocycles. The predicted octanol–water partition coefficient (Wildman–Crippen LogP) is 3.36. The van der Waals surface area contributed by atoms with Gasteiger partial charge in [0.2, 0.25) is 5.91 Å². The van der Waals surface area contributed by atoms with Gasteiger partial charge in [-0.2, -0.15) is 0 Å². The minimum Gasteiger partial charge on any atom is -0.338 e. The third kappa shape index (κ3) is 4.02. The van der Waals surface area contributed by atoms with Crippen molar-refractivity contribution in [2.45, 2.75) is 64.0 Å². The van der Waals surface area contributed by atoms with Crippen molar-refractivity contribution in [3.05, 3.63) is 47.3 Å².